The molecule has 0 aliphatic carbocycles. The summed E-state index contributed by atoms with van der Waals surface area (Å²) in [7, 11) is 0. The molecule has 6 nitrogen and oxygen atoms in total. The first-order chi connectivity index (χ1) is 6.11. The van der Waals surface area contributed by atoms with E-state index in [9.17, 15) is 9.59 Å². The molecule has 2 amide bonds. The van der Waals surface area contributed by atoms with Crippen molar-refractivity contribution in [1.82, 2.24) is 5.43 Å². The fourth-order valence-electron chi connectivity index (χ4n) is 0.740. The maximum absolute atomic E-state index is 10.7. The zero-order chi connectivity index (χ0) is 9.84. The summed E-state index contributed by atoms with van der Waals surface area (Å²) in [4.78, 5) is 21.5. The molecule has 1 rings (SSSR count). The first-order valence-corrected chi connectivity index (χ1v) is 3.42. The van der Waals surface area contributed by atoms with Gasteiger partial charge in [0.1, 0.15) is 5.70 Å². The maximum atomic E-state index is 10.7. The molecule has 68 valence electrons. The number of nitrogens with one attached hydrogen (secondary N) is 1. The van der Waals surface area contributed by atoms with Crippen molar-refractivity contribution in [2.75, 3.05) is 0 Å². The van der Waals surface area contributed by atoms with E-state index in [-0.39, 0.29) is 11.3 Å². The van der Waals surface area contributed by atoms with Gasteiger partial charge < -0.3 is 11.5 Å². The molecule has 0 bridgehead atoms. The van der Waals surface area contributed by atoms with Gasteiger partial charge in [-0.3, -0.25) is 15.0 Å². The van der Waals surface area contributed by atoms with Crippen LogP contribution < -0.4 is 16.9 Å². The fourth-order valence-corrected chi connectivity index (χ4v) is 0.740. The van der Waals surface area contributed by atoms with Crippen LogP contribution in [0.15, 0.2) is 28.5 Å². The van der Waals surface area contributed by atoms with E-state index in [0.717, 1.165) is 0 Å². The molecular weight excluding hydrogens is 172 g/mol. The number of nitrogens with two attached hydrogens (primary N) is 2. The highest BCUT2D eigenvalue weighted by Crippen LogP contribution is 2.01. The monoisotopic (exact) mass is 180 g/mol. The van der Waals surface area contributed by atoms with Crippen molar-refractivity contribution in [3.05, 3.63) is 23.4 Å². The third-order valence-electron chi connectivity index (χ3n) is 1.36. The van der Waals surface area contributed by atoms with Gasteiger partial charge in [0.25, 0.3) is 5.91 Å². The Labute approximate surface area is 74.0 Å². The van der Waals surface area contributed by atoms with Gasteiger partial charge >= 0.3 is 0 Å². The van der Waals surface area contributed by atoms with Crippen LogP contribution in [0.5, 0.6) is 0 Å². The SMILES string of the molecule is NC(=O)C1=CC=NNC(C(N)=O)=C1. The van der Waals surface area contributed by atoms with Gasteiger partial charge in [0.05, 0.1) is 0 Å². The zero-order valence-corrected chi connectivity index (χ0v) is 6.65. The van der Waals surface area contributed by atoms with E-state index in [2.05, 4.69) is 10.5 Å². The summed E-state index contributed by atoms with van der Waals surface area (Å²) in [6.45, 7) is 0. The number of carbonyl (C=O) groups is 2. The maximum Gasteiger partial charge on any atom is 0.266 e. The molecular formula is C7H8N4O2. The molecule has 0 atom stereocenters. The topological polar surface area (TPSA) is 111 Å². The molecule has 0 spiro atoms. The van der Waals surface area contributed by atoms with Crippen LogP contribution in [-0.4, -0.2) is 18.0 Å². The molecule has 13 heavy (non-hydrogen) atoms. The van der Waals surface area contributed by atoms with Gasteiger partial charge in [0, 0.05) is 11.8 Å². The second-order valence-corrected chi connectivity index (χ2v) is 2.30. The highest BCUT2D eigenvalue weighted by molar-refractivity contribution is 6.02. The number of allylic oxidation sites excluding steroid dienone is 1. The third kappa shape index (κ3) is 2.16. The molecule has 0 radical (unpaired) electrons. The minimum Gasteiger partial charge on any atom is -0.366 e. The first-order valence-electron chi connectivity index (χ1n) is 3.42. The molecule has 1 heterocycles. The number of primary amides is 2. The van der Waals surface area contributed by atoms with E-state index in [1.165, 1.54) is 18.4 Å². The second-order valence-electron chi connectivity index (χ2n) is 2.30. The van der Waals surface area contributed by atoms with Crippen molar-refractivity contribution in [1.29, 1.82) is 0 Å². The minimum absolute atomic E-state index is 0.0267. The molecule has 0 saturated heterocycles. The molecule has 0 aromatic heterocycles. The van der Waals surface area contributed by atoms with E-state index in [1.54, 1.807) is 0 Å². The van der Waals surface area contributed by atoms with Crippen LogP contribution in [0.4, 0.5) is 0 Å². The number of hydrazone groups is 1. The Morgan fingerprint density at radius 1 is 1.31 bits per heavy atom. The fraction of sp³-hybridized carbons (Fsp3) is 0. The smallest absolute Gasteiger partial charge is 0.266 e. The standard InChI is InChI=1S/C7H8N4O2/c8-6(12)4-1-2-10-11-5(3-4)7(9)13/h1-3,11H,(H2,8,12)(H2,9,13). The Kier molecular flexibility index (Phi) is 2.44. The summed E-state index contributed by atoms with van der Waals surface area (Å²) in [5.74, 6) is -1.35. The van der Waals surface area contributed by atoms with E-state index in [0.29, 0.717) is 0 Å². The Morgan fingerprint density at radius 3 is 2.54 bits per heavy atom. The number of rotatable bonds is 2. The van der Waals surface area contributed by atoms with Crippen molar-refractivity contribution in [2.24, 2.45) is 16.6 Å². The lowest BCUT2D eigenvalue weighted by molar-refractivity contribution is -0.115. The average molecular weight is 180 g/mol. The van der Waals surface area contributed by atoms with E-state index in [4.69, 9.17) is 11.5 Å². The Hall–Kier alpha value is -2.11. The molecule has 0 aromatic rings. The number of nitrogens with zero attached hydrogens (tertiary/aromatic N) is 1. The third-order valence-corrected chi connectivity index (χ3v) is 1.36. The van der Waals surface area contributed by atoms with Crippen LogP contribution in [0, 0.1) is 0 Å². The Balaban J connectivity index is 3.03. The highest BCUT2D eigenvalue weighted by Gasteiger charge is 2.09. The number of hydrogen-bond donors (Lipinski definition) is 3. The largest absolute Gasteiger partial charge is 0.366 e. The van der Waals surface area contributed by atoms with Crippen molar-refractivity contribution < 1.29 is 9.59 Å². The lowest BCUT2D eigenvalue weighted by Crippen LogP contribution is -2.23. The van der Waals surface area contributed by atoms with Gasteiger partial charge in [-0.1, -0.05) is 0 Å². The predicted molar refractivity (Wildman–Crippen MR) is 46.2 cm³/mol. The molecule has 0 aromatic carbocycles. The van der Waals surface area contributed by atoms with Crippen LogP contribution in [0.25, 0.3) is 0 Å². The van der Waals surface area contributed by atoms with Crippen molar-refractivity contribution in [3.63, 3.8) is 0 Å². The highest BCUT2D eigenvalue weighted by atomic mass is 16.1. The lowest BCUT2D eigenvalue weighted by Gasteiger charge is -1.99. The average Bonchev–Trinajstić information content (AvgIpc) is 2.28. The summed E-state index contributed by atoms with van der Waals surface area (Å²) in [5.41, 5.74) is 12.5. The second kappa shape index (κ2) is 3.53. The molecule has 0 saturated carbocycles. The molecule has 1 aliphatic rings. The summed E-state index contributed by atoms with van der Waals surface area (Å²) in [6.07, 6.45) is 3.94. The minimum atomic E-state index is -0.703. The number of hydrogen-bond acceptors (Lipinski definition) is 4. The summed E-state index contributed by atoms with van der Waals surface area (Å²) in [6, 6.07) is 0. The van der Waals surface area contributed by atoms with Crippen LogP contribution in [0.3, 0.4) is 0 Å². The molecule has 1 aliphatic heterocycles. The van der Waals surface area contributed by atoms with Crippen LogP contribution in [-0.2, 0) is 9.59 Å². The Morgan fingerprint density at radius 2 is 2.00 bits per heavy atom. The normalized spacial score (nSPS) is 15.1. The molecule has 0 fully saturated rings. The van der Waals surface area contributed by atoms with Crippen LogP contribution in [0.1, 0.15) is 0 Å². The van der Waals surface area contributed by atoms with Gasteiger partial charge in [0.2, 0.25) is 5.91 Å². The molecule has 6 heteroatoms. The van der Waals surface area contributed by atoms with Gasteiger partial charge in [-0.2, -0.15) is 5.10 Å². The Bertz CT molecular complexity index is 340. The summed E-state index contributed by atoms with van der Waals surface area (Å²) in [5, 5.41) is 3.58. The van der Waals surface area contributed by atoms with Crippen LogP contribution in [0.2, 0.25) is 0 Å². The van der Waals surface area contributed by atoms with Gasteiger partial charge in [-0.25, -0.2) is 0 Å². The van der Waals surface area contributed by atoms with Gasteiger partial charge in [-0.05, 0) is 12.2 Å². The van der Waals surface area contributed by atoms with Crippen LogP contribution >= 0.6 is 0 Å². The van der Waals surface area contributed by atoms with E-state index < -0.39 is 11.8 Å². The lowest BCUT2D eigenvalue weighted by atomic mass is 10.2. The van der Waals surface area contributed by atoms with Crippen molar-refractivity contribution >= 4 is 18.0 Å². The predicted octanol–water partition coefficient (Wildman–Crippen LogP) is -1.64. The number of carbonyl (C=O) groups excluding carboxylic acids is 2. The van der Waals surface area contributed by atoms with E-state index >= 15 is 0 Å². The van der Waals surface area contributed by atoms with Crippen molar-refractivity contribution in [2.45, 2.75) is 0 Å². The van der Waals surface area contributed by atoms with Gasteiger partial charge in [-0.15, -0.1) is 0 Å². The molecule has 5 N–H and O–H groups in total. The van der Waals surface area contributed by atoms with Crippen molar-refractivity contribution in [3.8, 4) is 0 Å². The number of amides is 2. The molecule has 0 unspecified atom stereocenters. The quantitative estimate of drug-likeness (QED) is 0.473. The summed E-state index contributed by atoms with van der Waals surface area (Å²) < 4.78 is 0. The zero-order valence-electron chi connectivity index (χ0n) is 6.65. The van der Waals surface area contributed by atoms with E-state index in [1.807, 2.05) is 0 Å². The van der Waals surface area contributed by atoms with Gasteiger partial charge in [0.15, 0.2) is 0 Å². The summed E-state index contributed by atoms with van der Waals surface area (Å²) >= 11 is 0. The first kappa shape index (κ1) is 8.98.